The van der Waals surface area contributed by atoms with E-state index >= 15 is 0 Å². The summed E-state index contributed by atoms with van der Waals surface area (Å²) in [7, 11) is 0. The first-order valence-electron chi connectivity index (χ1n) is 11.6. The van der Waals surface area contributed by atoms with E-state index in [1.165, 1.54) is 6.33 Å². The molecule has 35 heavy (non-hydrogen) atoms. The predicted molar refractivity (Wildman–Crippen MR) is 137 cm³/mol. The number of anilines is 2. The lowest BCUT2D eigenvalue weighted by molar-refractivity contribution is 0.0864. The quantitative estimate of drug-likeness (QED) is 0.347. The summed E-state index contributed by atoms with van der Waals surface area (Å²) >= 11 is 6.20. The van der Waals surface area contributed by atoms with Crippen LogP contribution in [0, 0.1) is 0 Å². The number of rotatable bonds is 4. The molecule has 6 rings (SSSR count). The van der Waals surface area contributed by atoms with Crippen molar-refractivity contribution in [3.05, 3.63) is 89.8 Å². The van der Waals surface area contributed by atoms with E-state index in [1.54, 1.807) is 12.4 Å². The third-order valence-corrected chi connectivity index (χ3v) is 6.39. The van der Waals surface area contributed by atoms with Gasteiger partial charge in [0.2, 0.25) is 0 Å². The Hall–Kier alpha value is -3.81. The summed E-state index contributed by atoms with van der Waals surface area (Å²) in [5.74, 6) is 0. The Morgan fingerprint density at radius 3 is 2.54 bits per heavy atom. The molecule has 3 aliphatic rings. The van der Waals surface area contributed by atoms with Gasteiger partial charge in [0.15, 0.2) is 0 Å². The predicted octanol–water partition coefficient (Wildman–Crippen LogP) is 5.40. The van der Waals surface area contributed by atoms with Gasteiger partial charge in [-0.05, 0) is 61.4 Å². The molecule has 0 unspecified atom stereocenters. The summed E-state index contributed by atoms with van der Waals surface area (Å²) in [5.41, 5.74) is 6.39. The van der Waals surface area contributed by atoms with Crippen LogP contribution in [0.1, 0.15) is 12.8 Å². The Kier molecular flexibility index (Phi) is 5.86. The molecule has 8 heteroatoms. The minimum Gasteiger partial charge on any atom is -0.381 e. The standard InChI is InChI=1S/C27H23ClN6O/c28-18-5-7-21(8-6-18)34-26-4-2-1-3-22(26)33-25-13-23(32-20-15-29-17-30-16-20)24(14-27(25)34)31-19-9-11-35-12-10-19/h1-8,13-17,19,32H,9-12H2. The van der Waals surface area contributed by atoms with E-state index in [0.717, 1.165) is 70.9 Å². The lowest BCUT2D eigenvalue weighted by Gasteiger charge is -2.21. The van der Waals surface area contributed by atoms with Crippen molar-refractivity contribution < 1.29 is 4.74 Å². The van der Waals surface area contributed by atoms with Crippen LogP contribution in [-0.4, -0.2) is 38.8 Å². The van der Waals surface area contributed by atoms with Gasteiger partial charge in [-0.2, -0.15) is 0 Å². The van der Waals surface area contributed by atoms with Crippen LogP contribution in [0.2, 0.25) is 5.02 Å². The monoisotopic (exact) mass is 482 g/mol. The molecule has 7 nitrogen and oxygen atoms in total. The summed E-state index contributed by atoms with van der Waals surface area (Å²) in [4.78, 5) is 18.4. The van der Waals surface area contributed by atoms with Crippen LogP contribution in [0.4, 0.5) is 11.4 Å². The first kappa shape index (κ1) is 21.7. The zero-order valence-corrected chi connectivity index (χ0v) is 19.7. The summed E-state index contributed by atoms with van der Waals surface area (Å²) in [6.45, 7) is 1.46. The fourth-order valence-electron chi connectivity index (χ4n) is 4.45. The van der Waals surface area contributed by atoms with Crippen LogP contribution >= 0.6 is 11.6 Å². The highest BCUT2D eigenvalue weighted by molar-refractivity contribution is 6.30. The molecule has 0 bridgehead atoms. The third kappa shape index (κ3) is 4.48. The number of para-hydroxylation sites is 2. The van der Waals surface area contributed by atoms with E-state index < -0.39 is 0 Å². The van der Waals surface area contributed by atoms with Gasteiger partial charge in [0.05, 0.1) is 57.6 Å². The lowest BCUT2D eigenvalue weighted by Crippen LogP contribution is -2.23. The Morgan fingerprint density at radius 1 is 0.971 bits per heavy atom. The van der Waals surface area contributed by atoms with Gasteiger partial charge >= 0.3 is 0 Å². The second-order valence-electron chi connectivity index (χ2n) is 8.50. The van der Waals surface area contributed by atoms with Crippen molar-refractivity contribution in [2.75, 3.05) is 18.5 Å². The first-order chi connectivity index (χ1) is 17.2. The van der Waals surface area contributed by atoms with Crippen molar-refractivity contribution in [3.63, 3.8) is 0 Å². The second kappa shape index (κ2) is 9.44. The topological polar surface area (TPSA) is 77.2 Å². The van der Waals surface area contributed by atoms with E-state index in [0.29, 0.717) is 5.02 Å². The van der Waals surface area contributed by atoms with Gasteiger partial charge in [0.1, 0.15) is 6.33 Å². The number of ether oxygens (including phenoxy) is 1. The Bertz CT molecular complexity index is 1510. The molecular weight excluding hydrogens is 460 g/mol. The summed E-state index contributed by atoms with van der Waals surface area (Å²) in [5, 5.41) is 5.02. The molecule has 0 radical (unpaired) electrons. The molecule has 1 N–H and O–H groups in total. The number of nitrogens with one attached hydrogen (secondary N) is 1. The minimum absolute atomic E-state index is 0.200. The Morgan fingerprint density at radius 2 is 1.74 bits per heavy atom. The molecule has 2 aromatic carbocycles. The van der Waals surface area contributed by atoms with Crippen LogP contribution in [0.25, 0.3) is 28.1 Å². The maximum atomic E-state index is 6.20. The summed E-state index contributed by atoms with van der Waals surface area (Å²) in [6.07, 6.45) is 6.81. The zero-order valence-electron chi connectivity index (χ0n) is 18.9. The van der Waals surface area contributed by atoms with Gasteiger partial charge in [0, 0.05) is 23.9 Å². The van der Waals surface area contributed by atoms with Crippen LogP contribution in [0.5, 0.6) is 0 Å². The maximum absolute atomic E-state index is 6.20. The highest BCUT2D eigenvalue weighted by Gasteiger charge is 2.18. The van der Waals surface area contributed by atoms with Crippen LogP contribution < -0.4 is 10.7 Å². The van der Waals surface area contributed by atoms with E-state index in [2.05, 4.69) is 38.1 Å². The van der Waals surface area contributed by atoms with E-state index in [-0.39, 0.29) is 6.04 Å². The zero-order chi connectivity index (χ0) is 23.6. The highest BCUT2D eigenvalue weighted by atomic mass is 35.5. The van der Waals surface area contributed by atoms with E-state index in [9.17, 15) is 0 Å². The van der Waals surface area contributed by atoms with Crippen molar-refractivity contribution in [1.82, 2.24) is 19.5 Å². The Balaban J connectivity index is 1.62. The molecule has 1 fully saturated rings. The molecule has 0 spiro atoms. The number of nitrogens with zero attached hydrogens (tertiary/aromatic N) is 5. The molecule has 0 amide bonds. The van der Waals surface area contributed by atoms with Crippen molar-refractivity contribution in [3.8, 4) is 17.1 Å². The van der Waals surface area contributed by atoms with Crippen LogP contribution in [-0.2, 0) is 4.74 Å². The van der Waals surface area contributed by atoms with Crippen molar-refractivity contribution in [2.24, 2.45) is 4.99 Å². The molecule has 1 aromatic heterocycles. The van der Waals surface area contributed by atoms with Crippen LogP contribution in [0.15, 0.2) is 84.4 Å². The highest BCUT2D eigenvalue weighted by Crippen LogP contribution is 2.31. The average Bonchev–Trinajstić information content (AvgIpc) is 2.90. The molecule has 3 aromatic rings. The summed E-state index contributed by atoms with van der Waals surface area (Å²) in [6, 6.07) is 20.4. The molecule has 0 atom stereocenters. The largest absolute Gasteiger partial charge is 0.381 e. The molecule has 3 heterocycles. The number of hydrogen-bond acceptors (Lipinski definition) is 6. The Labute approximate surface area is 207 Å². The van der Waals surface area contributed by atoms with E-state index in [1.807, 2.05) is 42.5 Å². The molecular formula is C27H23ClN6O. The lowest BCUT2D eigenvalue weighted by atomic mass is 10.1. The smallest absolute Gasteiger partial charge is 0.115 e. The van der Waals surface area contributed by atoms with Gasteiger partial charge in [-0.1, -0.05) is 23.7 Å². The first-order valence-corrected chi connectivity index (χ1v) is 12.0. The molecule has 174 valence electrons. The van der Waals surface area contributed by atoms with Gasteiger partial charge in [0.25, 0.3) is 0 Å². The normalized spacial score (nSPS) is 15.1. The number of hydrogen-bond donors (Lipinski definition) is 1. The molecule has 2 aliphatic heterocycles. The molecule has 1 aliphatic carbocycles. The fraction of sp³-hybridized carbons (Fsp3) is 0.185. The van der Waals surface area contributed by atoms with Crippen molar-refractivity contribution >= 4 is 34.0 Å². The van der Waals surface area contributed by atoms with E-state index in [4.69, 9.17) is 26.3 Å². The fourth-order valence-corrected chi connectivity index (χ4v) is 4.57. The second-order valence-corrected chi connectivity index (χ2v) is 8.93. The number of fused-ring (bicyclic) bond motifs is 2. The third-order valence-electron chi connectivity index (χ3n) is 6.13. The average molecular weight is 483 g/mol. The molecule has 0 saturated carbocycles. The summed E-state index contributed by atoms with van der Waals surface area (Å²) < 4.78 is 7.77. The number of aromatic nitrogens is 4. The van der Waals surface area contributed by atoms with Gasteiger partial charge in [-0.15, -0.1) is 0 Å². The van der Waals surface area contributed by atoms with Crippen LogP contribution in [0.3, 0.4) is 0 Å². The minimum atomic E-state index is 0.200. The van der Waals surface area contributed by atoms with Crippen molar-refractivity contribution in [1.29, 1.82) is 0 Å². The maximum Gasteiger partial charge on any atom is 0.115 e. The number of benzene rings is 3. The van der Waals surface area contributed by atoms with Gasteiger partial charge in [-0.25, -0.2) is 15.0 Å². The van der Waals surface area contributed by atoms with Crippen molar-refractivity contribution in [2.45, 2.75) is 18.9 Å². The SMILES string of the molecule is Clc1ccc(-n2c3cc(=NC4CCOCC4)c(Nc4cncnc4)cc-3nc3ccccc32)cc1. The number of halogens is 1. The van der Waals surface area contributed by atoms with Gasteiger partial charge < -0.3 is 14.6 Å². The molecule has 1 saturated heterocycles. The van der Waals surface area contributed by atoms with Gasteiger partial charge in [-0.3, -0.25) is 4.99 Å².